The Morgan fingerprint density at radius 1 is 1.57 bits per heavy atom. The van der Waals surface area contributed by atoms with E-state index in [0.29, 0.717) is 5.69 Å². The Kier molecular flexibility index (Phi) is 7.02. The quantitative estimate of drug-likeness (QED) is 0.840. The SMILES string of the molecule is CC.CCCc1nc(CC(=O)O)cs1. The van der Waals surface area contributed by atoms with Crippen LogP contribution in [0.5, 0.6) is 0 Å². The maximum Gasteiger partial charge on any atom is 0.309 e. The fourth-order valence-electron chi connectivity index (χ4n) is 0.914. The van der Waals surface area contributed by atoms with Crippen molar-refractivity contribution in [1.29, 1.82) is 0 Å². The molecule has 0 aliphatic heterocycles. The Morgan fingerprint density at radius 2 is 2.21 bits per heavy atom. The fraction of sp³-hybridized carbons (Fsp3) is 0.600. The summed E-state index contributed by atoms with van der Waals surface area (Å²) >= 11 is 1.54. The molecule has 4 heteroatoms. The lowest BCUT2D eigenvalue weighted by Gasteiger charge is -1.88. The standard InChI is InChI=1S/C8H11NO2S.C2H6/c1-2-3-7-9-6(5-12-7)4-8(10)11;1-2/h5H,2-4H2,1H3,(H,10,11);1-2H3. The number of aromatic nitrogens is 1. The van der Waals surface area contributed by atoms with Crippen LogP contribution in [0.15, 0.2) is 5.38 Å². The van der Waals surface area contributed by atoms with Gasteiger partial charge in [0.2, 0.25) is 0 Å². The number of aliphatic carboxylic acids is 1. The molecular weight excluding hydrogens is 198 g/mol. The molecule has 0 aromatic carbocycles. The number of hydrogen-bond acceptors (Lipinski definition) is 3. The van der Waals surface area contributed by atoms with E-state index in [4.69, 9.17) is 5.11 Å². The highest BCUT2D eigenvalue weighted by atomic mass is 32.1. The van der Waals surface area contributed by atoms with Gasteiger partial charge >= 0.3 is 5.97 Å². The van der Waals surface area contributed by atoms with Crippen molar-refractivity contribution >= 4 is 17.3 Å². The van der Waals surface area contributed by atoms with Gasteiger partial charge in [-0.3, -0.25) is 4.79 Å². The van der Waals surface area contributed by atoms with E-state index in [2.05, 4.69) is 11.9 Å². The van der Waals surface area contributed by atoms with Gasteiger partial charge in [0.15, 0.2) is 0 Å². The molecule has 1 N–H and O–H groups in total. The van der Waals surface area contributed by atoms with Gasteiger partial charge < -0.3 is 5.11 Å². The van der Waals surface area contributed by atoms with Crippen molar-refractivity contribution in [2.45, 2.75) is 40.0 Å². The van der Waals surface area contributed by atoms with Gasteiger partial charge in [0.25, 0.3) is 0 Å². The molecule has 0 aliphatic rings. The van der Waals surface area contributed by atoms with Crippen molar-refractivity contribution in [1.82, 2.24) is 4.98 Å². The topological polar surface area (TPSA) is 50.2 Å². The first-order chi connectivity index (χ1) is 6.72. The van der Waals surface area contributed by atoms with E-state index >= 15 is 0 Å². The lowest BCUT2D eigenvalue weighted by Crippen LogP contribution is -2.00. The van der Waals surface area contributed by atoms with Crippen LogP contribution in [-0.4, -0.2) is 16.1 Å². The van der Waals surface area contributed by atoms with E-state index in [0.717, 1.165) is 17.8 Å². The fourth-order valence-corrected chi connectivity index (χ4v) is 1.81. The molecule has 0 unspecified atom stereocenters. The maximum atomic E-state index is 10.3. The van der Waals surface area contributed by atoms with Crippen LogP contribution in [0.4, 0.5) is 0 Å². The Morgan fingerprint density at radius 3 is 2.71 bits per heavy atom. The third-order valence-electron chi connectivity index (χ3n) is 1.40. The lowest BCUT2D eigenvalue weighted by atomic mass is 10.3. The first-order valence-corrected chi connectivity index (χ1v) is 5.75. The number of thiazole rings is 1. The van der Waals surface area contributed by atoms with Gasteiger partial charge in [-0.05, 0) is 12.8 Å². The minimum Gasteiger partial charge on any atom is -0.481 e. The number of carboxylic acids is 1. The molecule has 0 radical (unpaired) electrons. The molecule has 1 aromatic heterocycles. The summed E-state index contributed by atoms with van der Waals surface area (Å²) in [5.41, 5.74) is 0.677. The number of carboxylic acid groups (broad SMARTS) is 1. The molecule has 0 amide bonds. The molecule has 0 aliphatic carbocycles. The van der Waals surface area contributed by atoms with Crippen molar-refractivity contribution in [3.05, 3.63) is 16.1 Å². The molecule has 0 spiro atoms. The van der Waals surface area contributed by atoms with Crippen LogP contribution in [0.1, 0.15) is 37.9 Å². The van der Waals surface area contributed by atoms with E-state index in [-0.39, 0.29) is 6.42 Å². The summed E-state index contributed by atoms with van der Waals surface area (Å²) < 4.78 is 0. The molecule has 0 saturated heterocycles. The lowest BCUT2D eigenvalue weighted by molar-refractivity contribution is -0.136. The zero-order chi connectivity index (χ0) is 11.0. The van der Waals surface area contributed by atoms with Crippen LogP contribution in [-0.2, 0) is 17.6 Å². The molecule has 1 aromatic rings. The molecule has 0 atom stereocenters. The molecular formula is C10H17NO2S. The molecule has 1 rings (SSSR count). The zero-order valence-electron chi connectivity index (χ0n) is 8.91. The smallest absolute Gasteiger partial charge is 0.309 e. The minimum atomic E-state index is -0.816. The highest BCUT2D eigenvalue weighted by Gasteiger charge is 2.04. The van der Waals surface area contributed by atoms with E-state index in [9.17, 15) is 4.79 Å². The van der Waals surface area contributed by atoms with Gasteiger partial charge in [-0.2, -0.15) is 0 Å². The summed E-state index contributed by atoms with van der Waals surface area (Å²) in [7, 11) is 0. The summed E-state index contributed by atoms with van der Waals surface area (Å²) in [4.78, 5) is 14.5. The second-order valence-corrected chi connectivity index (χ2v) is 3.50. The first-order valence-electron chi connectivity index (χ1n) is 4.87. The molecule has 14 heavy (non-hydrogen) atoms. The minimum absolute atomic E-state index is 0.0419. The van der Waals surface area contributed by atoms with E-state index < -0.39 is 5.97 Å². The molecule has 0 fully saturated rings. The van der Waals surface area contributed by atoms with Crippen LogP contribution < -0.4 is 0 Å². The van der Waals surface area contributed by atoms with Crippen LogP contribution in [0.2, 0.25) is 0 Å². The largest absolute Gasteiger partial charge is 0.481 e. The van der Waals surface area contributed by atoms with E-state index in [1.165, 1.54) is 0 Å². The second-order valence-electron chi connectivity index (χ2n) is 2.55. The summed E-state index contributed by atoms with van der Waals surface area (Å²) in [6.45, 7) is 6.08. The summed E-state index contributed by atoms with van der Waals surface area (Å²) in [5, 5.41) is 11.3. The monoisotopic (exact) mass is 215 g/mol. The van der Waals surface area contributed by atoms with E-state index in [1.54, 1.807) is 11.3 Å². The van der Waals surface area contributed by atoms with Crippen LogP contribution >= 0.6 is 11.3 Å². The zero-order valence-corrected chi connectivity index (χ0v) is 9.73. The average molecular weight is 215 g/mol. The summed E-state index contributed by atoms with van der Waals surface area (Å²) in [6.07, 6.45) is 2.05. The molecule has 0 bridgehead atoms. The second kappa shape index (κ2) is 7.50. The van der Waals surface area contributed by atoms with Crippen molar-refractivity contribution in [3.8, 4) is 0 Å². The molecule has 80 valence electrons. The third kappa shape index (κ3) is 4.97. The predicted molar refractivity (Wildman–Crippen MR) is 58.8 cm³/mol. The van der Waals surface area contributed by atoms with Gasteiger partial charge in [0.1, 0.15) is 0 Å². The Balaban J connectivity index is 0.000000791. The number of nitrogens with zero attached hydrogens (tertiary/aromatic N) is 1. The van der Waals surface area contributed by atoms with Gasteiger partial charge in [0, 0.05) is 5.38 Å². The van der Waals surface area contributed by atoms with Crippen molar-refractivity contribution < 1.29 is 9.90 Å². The summed E-state index contributed by atoms with van der Waals surface area (Å²) in [5.74, 6) is -0.816. The molecule has 3 nitrogen and oxygen atoms in total. The third-order valence-corrected chi connectivity index (χ3v) is 2.35. The molecule has 0 saturated carbocycles. The van der Waals surface area contributed by atoms with Gasteiger partial charge in [0.05, 0.1) is 17.1 Å². The van der Waals surface area contributed by atoms with Gasteiger partial charge in [-0.15, -0.1) is 11.3 Å². The maximum absolute atomic E-state index is 10.3. The van der Waals surface area contributed by atoms with Crippen molar-refractivity contribution in [3.63, 3.8) is 0 Å². The predicted octanol–water partition coefficient (Wildman–Crippen LogP) is 2.75. The van der Waals surface area contributed by atoms with E-state index in [1.807, 2.05) is 19.2 Å². The average Bonchev–Trinajstić information content (AvgIpc) is 2.56. The first kappa shape index (κ1) is 13.1. The number of aryl methyl sites for hydroxylation is 1. The van der Waals surface area contributed by atoms with Crippen LogP contribution in [0.25, 0.3) is 0 Å². The van der Waals surface area contributed by atoms with Crippen LogP contribution in [0, 0.1) is 0 Å². The van der Waals surface area contributed by atoms with Crippen LogP contribution in [0.3, 0.4) is 0 Å². The normalized spacial score (nSPS) is 9.07. The van der Waals surface area contributed by atoms with Gasteiger partial charge in [-0.25, -0.2) is 4.98 Å². The number of rotatable bonds is 4. The highest BCUT2D eigenvalue weighted by Crippen LogP contribution is 2.11. The number of carbonyl (C=O) groups is 1. The van der Waals surface area contributed by atoms with Crippen molar-refractivity contribution in [2.24, 2.45) is 0 Å². The summed E-state index contributed by atoms with van der Waals surface area (Å²) in [6, 6.07) is 0. The highest BCUT2D eigenvalue weighted by molar-refractivity contribution is 7.09. The van der Waals surface area contributed by atoms with Gasteiger partial charge in [-0.1, -0.05) is 20.8 Å². The number of hydrogen-bond donors (Lipinski definition) is 1. The Bertz CT molecular complexity index is 271. The Hall–Kier alpha value is -0.900. The van der Waals surface area contributed by atoms with Crippen molar-refractivity contribution in [2.75, 3.05) is 0 Å². The Labute approximate surface area is 88.8 Å². The molecule has 1 heterocycles.